The van der Waals surface area contributed by atoms with Crippen LogP contribution >= 0.6 is 11.3 Å². The average molecular weight is 364 g/mol. The summed E-state index contributed by atoms with van der Waals surface area (Å²) >= 11 is 1.13. The molecule has 0 radical (unpaired) electrons. The molecule has 1 amide bonds. The molecule has 5 nitrogen and oxygen atoms in total. The molecule has 1 aromatic carbocycles. The third-order valence-electron chi connectivity index (χ3n) is 4.33. The van der Waals surface area contributed by atoms with Crippen LogP contribution in [0.5, 0.6) is 0 Å². The predicted octanol–water partition coefficient (Wildman–Crippen LogP) is 2.26. The number of amides is 1. The summed E-state index contributed by atoms with van der Waals surface area (Å²) in [4.78, 5) is 12.3. The number of benzene rings is 1. The van der Waals surface area contributed by atoms with Gasteiger partial charge in [-0.3, -0.25) is 4.79 Å². The van der Waals surface area contributed by atoms with Crippen molar-refractivity contribution in [2.45, 2.75) is 35.4 Å². The molecule has 3 rings (SSSR count). The number of nitrogens with one attached hydrogen (secondary N) is 2. The van der Waals surface area contributed by atoms with Crippen molar-refractivity contribution in [2.75, 3.05) is 6.54 Å². The van der Waals surface area contributed by atoms with Crippen LogP contribution in [0.1, 0.15) is 25.3 Å². The first-order valence-electron chi connectivity index (χ1n) is 7.82. The fourth-order valence-electron chi connectivity index (χ4n) is 2.68. The molecule has 2 aromatic rings. The highest BCUT2D eigenvalue weighted by Gasteiger charge is 2.44. The first kappa shape index (κ1) is 17.1. The maximum absolute atomic E-state index is 12.3. The van der Waals surface area contributed by atoms with Gasteiger partial charge >= 0.3 is 0 Å². The van der Waals surface area contributed by atoms with E-state index in [0.29, 0.717) is 6.54 Å². The Labute approximate surface area is 146 Å². The lowest BCUT2D eigenvalue weighted by molar-refractivity contribution is -0.122. The van der Waals surface area contributed by atoms with E-state index in [-0.39, 0.29) is 15.5 Å². The quantitative estimate of drug-likeness (QED) is 0.791. The molecular weight excluding hydrogens is 344 g/mol. The summed E-state index contributed by atoms with van der Waals surface area (Å²) in [6, 6.07) is 12.5. The summed E-state index contributed by atoms with van der Waals surface area (Å²) in [6.45, 7) is 2.09. The zero-order valence-electron chi connectivity index (χ0n) is 13.4. The smallest absolute Gasteiger partial charge is 0.250 e. The van der Waals surface area contributed by atoms with Gasteiger partial charge in [0.05, 0.1) is 6.04 Å². The molecule has 0 saturated heterocycles. The summed E-state index contributed by atoms with van der Waals surface area (Å²) in [6.07, 6.45) is 2.07. The largest absolute Gasteiger partial charge is 0.354 e. The number of sulfonamides is 1. The number of carbonyl (C=O) groups is 1. The molecule has 1 heterocycles. The summed E-state index contributed by atoms with van der Waals surface area (Å²) in [7, 11) is -3.64. The third kappa shape index (κ3) is 3.68. The van der Waals surface area contributed by atoms with Gasteiger partial charge in [0.25, 0.3) is 10.0 Å². The van der Waals surface area contributed by atoms with Gasteiger partial charge in [0.2, 0.25) is 5.91 Å². The lowest BCUT2D eigenvalue weighted by Crippen LogP contribution is -2.46. The number of hydrogen-bond donors (Lipinski definition) is 2. The van der Waals surface area contributed by atoms with E-state index < -0.39 is 16.1 Å². The minimum absolute atomic E-state index is 0.00324. The van der Waals surface area contributed by atoms with Gasteiger partial charge in [0.1, 0.15) is 4.21 Å². The fraction of sp³-hybridized carbons (Fsp3) is 0.353. The van der Waals surface area contributed by atoms with E-state index in [1.165, 1.54) is 11.6 Å². The molecule has 1 aromatic heterocycles. The van der Waals surface area contributed by atoms with E-state index in [1.807, 2.05) is 18.2 Å². The summed E-state index contributed by atoms with van der Waals surface area (Å²) in [5, 5.41) is 4.58. The standard InChI is InChI=1S/C17H20N2O3S2/c1-13(19-24(21,22)15-8-5-11-23-15)16(20)18-12-17(9-10-17)14-6-3-2-4-7-14/h2-8,11,13,19H,9-10,12H2,1H3,(H,18,20). The van der Waals surface area contributed by atoms with Gasteiger partial charge in [-0.15, -0.1) is 11.3 Å². The van der Waals surface area contributed by atoms with E-state index in [2.05, 4.69) is 22.2 Å². The molecule has 1 aliphatic carbocycles. The van der Waals surface area contributed by atoms with Gasteiger partial charge in [0.15, 0.2) is 0 Å². The normalized spacial score (nSPS) is 17.2. The molecule has 7 heteroatoms. The Kier molecular flexibility index (Phi) is 4.76. The molecule has 1 atom stereocenters. The van der Waals surface area contributed by atoms with Crippen molar-refractivity contribution in [2.24, 2.45) is 0 Å². The van der Waals surface area contributed by atoms with Crippen molar-refractivity contribution in [1.82, 2.24) is 10.0 Å². The molecule has 128 valence electrons. The highest BCUT2D eigenvalue weighted by atomic mass is 32.2. The van der Waals surface area contributed by atoms with Crippen LogP contribution in [0.4, 0.5) is 0 Å². The zero-order valence-corrected chi connectivity index (χ0v) is 15.0. The molecule has 1 aliphatic rings. The van der Waals surface area contributed by atoms with E-state index in [4.69, 9.17) is 0 Å². The van der Waals surface area contributed by atoms with Crippen molar-refractivity contribution >= 4 is 27.3 Å². The lowest BCUT2D eigenvalue weighted by Gasteiger charge is -2.19. The molecular formula is C17H20N2O3S2. The molecule has 0 spiro atoms. The highest BCUT2D eigenvalue weighted by molar-refractivity contribution is 7.91. The monoisotopic (exact) mass is 364 g/mol. The Morgan fingerprint density at radius 1 is 1.21 bits per heavy atom. The summed E-state index contributed by atoms with van der Waals surface area (Å²) in [5.74, 6) is -0.308. The van der Waals surface area contributed by atoms with Crippen LogP contribution in [-0.2, 0) is 20.2 Å². The van der Waals surface area contributed by atoms with Gasteiger partial charge in [-0.25, -0.2) is 8.42 Å². The molecule has 24 heavy (non-hydrogen) atoms. The Bertz CT molecular complexity index is 798. The van der Waals surface area contributed by atoms with Crippen LogP contribution in [0, 0.1) is 0 Å². The average Bonchev–Trinajstić information content (AvgIpc) is 3.14. The van der Waals surface area contributed by atoms with E-state index in [0.717, 1.165) is 24.2 Å². The van der Waals surface area contributed by atoms with Crippen molar-refractivity contribution in [3.05, 3.63) is 53.4 Å². The van der Waals surface area contributed by atoms with E-state index in [1.54, 1.807) is 18.4 Å². The van der Waals surface area contributed by atoms with Crippen LogP contribution < -0.4 is 10.0 Å². The van der Waals surface area contributed by atoms with E-state index >= 15 is 0 Å². The first-order valence-corrected chi connectivity index (χ1v) is 10.2. The molecule has 0 aliphatic heterocycles. The number of thiophene rings is 1. The summed E-state index contributed by atoms with van der Waals surface area (Å²) < 4.78 is 27.0. The second-order valence-corrected chi connectivity index (χ2v) is 9.03. The highest BCUT2D eigenvalue weighted by Crippen LogP contribution is 2.47. The minimum atomic E-state index is -3.64. The molecule has 2 N–H and O–H groups in total. The topological polar surface area (TPSA) is 75.3 Å². The Balaban J connectivity index is 1.58. The number of carbonyl (C=O) groups excluding carboxylic acids is 1. The van der Waals surface area contributed by atoms with Crippen LogP contribution in [-0.4, -0.2) is 26.9 Å². The van der Waals surface area contributed by atoms with Crippen molar-refractivity contribution in [3.63, 3.8) is 0 Å². The molecule has 1 unspecified atom stereocenters. The van der Waals surface area contributed by atoms with Gasteiger partial charge in [-0.2, -0.15) is 4.72 Å². The van der Waals surface area contributed by atoms with Crippen LogP contribution in [0.2, 0.25) is 0 Å². The van der Waals surface area contributed by atoms with Gasteiger partial charge in [-0.1, -0.05) is 36.4 Å². The second-order valence-electron chi connectivity index (χ2n) is 6.14. The van der Waals surface area contributed by atoms with Gasteiger partial charge in [0, 0.05) is 12.0 Å². The Hall–Kier alpha value is -1.70. The third-order valence-corrected chi connectivity index (χ3v) is 7.26. The second kappa shape index (κ2) is 6.66. The first-order chi connectivity index (χ1) is 11.4. The zero-order chi connectivity index (χ0) is 17.2. The molecule has 0 bridgehead atoms. The number of hydrogen-bond acceptors (Lipinski definition) is 4. The lowest BCUT2D eigenvalue weighted by atomic mass is 9.96. The minimum Gasteiger partial charge on any atom is -0.354 e. The van der Waals surface area contributed by atoms with Crippen LogP contribution in [0.3, 0.4) is 0 Å². The van der Waals surface area contributed by atoms with Crippen LogP contribution in [0.25, 0.3) is 0 Å². The molecule has 1 saturated carbocycles. The van der Waals surface area contributed by atoms with E-state index in [9.17, 15) is 13.2 Å². The van der Waals surface area contributed by atoms with Crippen molar-refractivity contribution < 1.29 is 13.2 Å². The maximum Gasteiger partial charge on any atom is 0.250 e. The van der Waals surface area contributed by atoms with Gasteiger partial charge < -0.3 is 5.32 Å². The van der Waals surface area contributed by atoms with Gasteiger partial charge in [-0.05, 0) is 36.8 Å². The number of rotatable bonds is 7. The Morgan fingerprint density at radius 2 is 1.92 bits per heavy atom. The SMILES string of the molecule is CC(NS(=O)(=O)c1cccs1)C(=O)NCC1(c2ccccc2)CC1. The predicted molar refractivity (Wildman–Crippen MR) is 94.5 cm³/mol. The van der Waals surface area contributed by atoms with Crippen molar-refractivity contribution in [1.29, 1.82) is 0 Å². The molecule has 1 fully saturated rings. The van der Waals surface area contributed by atoms with Crippen LogP contribution in [0.15, 0.2) is 52.1 Å². The van der Waals surface area contributed by atoms with Crippen molar-refractivity contribution in [3.8, 4) is 0 Å². The summed E-state index contributed by atoms with van der Waals surface area (Å²) in [5.41, 5.74) is 1.22. The maximum atomic E-state index is 12.3. The Morgan fingerprint density at radius 3 is 2.50 bits per heavy atom. The fourth-order valence-corrected chi connectivity index (χ4v) is 4.89.